The van der Waals surface area contributed by atoms with Crippen LogP contribution in [0.25, 0.3) is 0 Å². The second-order valence-corrected chi connectivity index (χ2v) is 5.37. The third-order valence-corrected chi connectivity index (χ3v) is 4.55. The monoisotopic (exact) mass is 231 g/mol. The molecule has 2 aliphatic rings. The number of fused-ring (bicyclic) bond motifs is 3. The topological polar surface area (TPSA) is 21.3 Å². The van der Waals surface area contributed by atoms with Crippen molar-refractivity contribution in [3.05, 3.63) is 35.4 Å². The molecule has 0 radical (unpaired) electrons. The van der Waals surface area contributed by atoms with Crippen LogP contribution in [0.1, 0.15) is 43.9 Å². The molecule has 0 saturated carbocycles. The summed E-state index contributed by atoms with van der Waals surface area (Å²) in [5.41, 5.74) is 3.05. The third-order valence-electron chi connectivity index (χ3n) is 4.55. The van der Waals surface area contributed by atoms with Gasteiger partial charge in [-0.25, -0.2) is 0 Å². The molecule has 0 amide bonds. The summed E-state index contributed by atoms with van der Waals surface area (Å²) >= 11 is 0. The lowest BCUT2D eigenvalue weighted by molar-refractivity contribution is -0.0604. The highest BCUT2D eigenvalue weighted by atomic mass is 16.5. The van der Waals surface area contributed by atoms with Gasteiger partial charge in [-0.1, -0.05) is 38.1 Å². The maximum Gasteiger partial charge on any atom is 0.0984 e. The van der Waals surface area contributed by atoms with E-state index in [2.05, 4.69) is 43.4 Å². The first kappa shape index (κ1) is 11.2. The van der Waals surface area contributed by atoms with E-state index in [1.807, 2.05) is 0 Å². The predicted octanol–water partition coefficient (Wildman–Crippen LogP) is 2.83. The second-order valence-electron chi connectivity index (χ2n) is 5.37. The number of morpholine rings is 1. The number of hydrogen-bond donors (Lipinski definition) is 1. The normalized spacial score (nSPS) is 29.8. The molecule has 2 heteroatoms. The van der Waals surface area contributed by atoms with Crippen LogP contribution in [0, 0.1) is 0 Å². The highest BCUT2D eigenvalue weighted by Gasteiger charge is 2.43. The van der Waals surface area contributed by atoms with Crippen molar-refractivity contribution in [1.29, 1.82) is 0 Å². The molecule has 0 spiro atoms. The number of benzene rings is 1. The van der Waals surface area contributed by atoms with Crippen LogP contribution in [-0.4, -0.2) is 18.2 Å². The molecule has 1 aromatic rings. The average Bonchev–Trinajstić information content (AvgIpc) is 2.75. The summed E-state index contributed by atoms with van der Waals surface area (Å²) in [5.74, 6) is 0. The Morgan fingerprint density at radius 1 is 1.29 bits per heavy atom. The number of hydrogen-bond acceptors (Lipinski definition) is 2. The Hall–Kier alpha value is -0.860. The fourth-order valence-electron chi connectivity index (χ4n) is 3.23. The zero-order valence-corrected chi connectivity index (χ0v) is 10.7. The molecule has 92 valence electrons. The smallest absolute Gasteiger partial charge is 0.0984 e. The summed E-state index contributed by atoms with van der Waals surface area (Å²) in [5, 5.41) is 3.85. The zero-order valence-electron chi connectivity index (χ0n) is 10.7. The Morgan fingerprint density at radius 3 is 2.82 bits per heavy atom. The van der Waals surface area contributed by atoms with Gasteiger partial charge in [0.15, 0.2) is 0 Å². The predicted molar refractivity (Wildman–Crippen MR) is 69.1 cm³/mol. The van der Waals surface area contributed by atoms with Crippen LogP contribution in [0.3, 0.4) is 0 Å². The first-order valence-electron chi connectivity index (χ1n) is 6.75. The second kappa shape index (κ2) is 4.11. The van der Waals surface area contributed by atoms with Crippen molar-refractivity contribution >= 4 is 0 Å². The van der Waals surface area contributed by atoms with Crippen molar-refractivity contribution in [3.8, 4) is 0 Å². The van der Waals surface area contributed by atoms with Crippen molar-refractivity contribution < 1.29 is 4.74 Å². The fraction of sp³-hybridized carbons (Fsp3) is 0.600. The van der Waals surface area contributed by atoms with E-state index in [0.29, 0.717) is 6.04 Å². The maximum atomic E-state index is 6.16. The molecule has 1 saturated heterocycles. The quantitative estimate of drug-likeness (QED) is 0.845. The Kier molecular flexibility index (Phi) is 2.72. The minimum absolute atomic E-state index is 0.198. The highest BCUT2D eigenvalue weighted by molar-refractivity contribution is 5.37. The van der Waals surface area contributed by atoms with Crippen molar-refractivity contribution in [3.63, 3.8) is 0 Å². The van der Waals surface area contributed by atoms with Crippen LogP contribution in [0.5, 0.6) is 0 Å². The number of ether oxygens (including phenoxy) is 1. The molecule has 1 fully saturated rings. The molecule has 2 unspecified atom stereocenters. The van der Waals surface area contributed by atoms with E-state index in [0.717, 1.165) is 25.9 Å². The Labute approximate surface area is 103 Å². The molecular formula is C15H21NO. The molecular weight excluding hydrogens is 210 g/mol. The summed E-state index contributed by atoms with van der Waals surface area (Å²) in [7, 11) is 0. The van der Waals surface area contributed by atoms with E-state index in [1.165, 1.54) is 11.1 Å². The summed E-state index contributed by atoms with van der Waals surface area (Å²) in [6.07, 6.45) is 3.67. The van der Waals surface area contributed by atoms with Gasteiger partial charge in [-0.3, -0.25) is 0 Å². The molecule has 1 N–H and O–H groups in total. The minimum atomic E-state index is 0.198. The molecule has 1 aliphatic heterocycles. The first-order valence-corrected chi connectivity index (χ1v) is 6.75. The minimum Gasteiger partial charge on any atom is -0.370 e. The summed E-state index contributed by atoms with van der Waals surface area (Å²) in [6, 6.07) is 9.17. The maximum absolute atomic E-state index is 6.16. The summed E-state index contributed by atoms with van der Waals surface area (Å²) < 4.78 is 6.16. The zero-order chi connectivity index (χ0) is 11.9. The highest BCUT2D eigenvalue weighted by Crippen LogP contribution is 2.39. The lowest BCUT2D eigenvalue weighted by atomic mass is 9.90. The van der Waals surface area contributed by atoms with E-state index in [-0.39, 0.29) is 11.6 Å². The van der Waals surface area contributed by atoms with Crippen LogP contribution in [0.2, 0.25) is 0 Å². The van der Waals surface area contributed by atoms with Crippen molar-refractivity contribution in [1.82, 2.24) is 5.32 Å². The van der Waals surface area contributed by atoms with E-state index in [1.54, 1.807) is 0 Å². The lowest BCUT2D eigenvalue weighted by Crippen LogP contribution is -2.58. The van der Waals surface area contributed by atoms with Gasteiger partial charge in [-0.05, 0) is 30.4 Å². The largest absolute Gasteiger partial charge is 0.370 e. The summed E-state index contributed by atoms with van der Waals surface area (Å²) in [4.78, 5) is 0. The van der Waals surface area contributed by atoms with Gasteiger partial charge in [-0.2, -0.15) is 0 Å². The Morgan fingerprint density at radius 2 is 2.06 bits per heavy atom. The molecule has 2 nitrogen and oxygen atoms in total. The van der Waals surface area contributed by atoms with Gasteiger partial charge < -0.3 is 10.1 Å². The van der Waals surface area contributed by atoms with Crippen LogP contribution in [-0.2, 0) is 11.2 Å². The Balaban J connectivity index is 1.86. The van der Waals surface area contributed by atoms with Crippen LogP contribution in [0.4, 0.5) is 0 Å². The molecule has 1 aliphatic carbocycles. The molecule has 1 aromatic carbocycles. The fourth-order valence-corrected chi connectivity index (χ4v) is 3.23. The van der Waals surface area contributed by atoms with Crippen molar-refractivity contribution in [2.45, 2.75) is 50.8 Å². The molecule has 0 aromatic heterocycles. The lowest BCUT2D eigenvalue weighted by Gasteiger charge is -2.43. The van der Waals surface area contributed by atoms with Gasteiger partial charge in [-0.15, -0.1) is 0 Å². The molecule has 3 rings (SSSR count). The average molecular weight is 231 g/mol. The SMILES string of the molecule is CCC1(CC)COC2c3ccccc3CC2N1. The van der Waals surface area contributed by atoms with Gasteiger partial charge in [0, 0.05) is 11.6 Å². The van der Waals surface area contributed by atoms with E-state index >= 15 is 0 Å². The number of rotatable bonds is 2. The van der Waals surface area contributed by atoms with Gasteiger partial charge >= 0.3 is 0 Å². The van der Waals surface area contributed by atoms with Crippen LogP contribution in [0.15, 0.2) is 24.3 Å². The molecule has 0 bridgehead atoms. The third kappa shape index (κ3) is 1.71. The summed E-state index contributed by atoms with van der Waals surface area (Å²) in [6.45, 7) is 5.35. The van der Waals surface area contributed by atoms with Gasteiger partial charge in [0.1, 0.15) is 0 Å². The van der Waals surface area contributed by atoms with Gasteiger partial charge in [0.2, 0.25) is 0 Å². The molecule has 2 atom stereocenters. The van der Waals surface area contributed by atoms with Gasteiger partial charge in [0.25, 0.3) is 0 Å². The standard InChI is InChI=1S/C15H21NO/c1-3-15(4-2)10-17-14-12-8-6-5-7-11(12)9-13(14)16-15/h5-8,13-14,16H,3-4,9-10H2,1-2H3. The van der Waals surface area contributed by atoms with E-state index < -0.39 is 0 Å². The van der Waals surface area contributed by atoms with Crippen LogP contribution < -0.4 is 5.32 Å². The van der Waals surface area contributed by atoms with Gasteiger partial charge in [0.05, 0.1) is 12.7 Å². The first-order chi connectivity index (χ1) is 8.28. The number of nitrogens with one attached hydrogen (secondary N) is 1. The van der Waals surface area contributed by atoms with Crippen LogP contribution >= 0.6 is 0 Å². The van der Waals surface area contributed by atoms with Crippen molar-refractivity contribution in [2.24, 2.45) is 0 Å². The Bertz CT molecular complexity index is 411. The van der Waals surface area contributed by atoms with E-state index in [9.17, 15) is 0 Å². The van der Waals surface area contributed by atoms with E-state index in [4.69, 9.17) is 4.74 Å². The molecule has 1 heterocycles. The molecule has 17 heavy (non-hydrogen) atoms. The van der Waals surface area contributed by atoms with Crippen molar-refractivity contribution in [2.75, 3.05) is 6.61 Å².